The first kappa shape index (κ1) is 35.4. The average Bonchev–Trinajstić information content (AvgIpc) is 4.05. The van der Waals surface area contributed by atoms with E-state index in [9.17, 15) is 0 Å². The zero-order valence-corrected chi connectivity index (χ0v) is 34.0. The predicted molar refractivity (Wildman–Crippen MR) is 261 cm³/mol. The van der Waals surface area contributed by atoms with Crippen LogP contribution in [0.4, 0.5) is 0 Å². The van der Waals surface area contributed by atoms with Crippen LogP contribution in [0.5, 0.6) is 0 Å². The summed E-state index contributed by atoms with van der Waals surface area (Å²) in [6.45, 7) is 0. The Morgan fingerprint density at radius 3 is 1.41 bits per heavy atom. The average molecular weight is 805 g/mol. The van der Waals surface area contributed by atoms with E-state index in [-0.39, 0.29) is 0 Å². The highest BCUT2D eigenvalue weighted by Gasteiger charge is 2.19. The lowest BCUT2D eigenvalue weighted by Crippen LogP contribution is -1.89. The Hall–Kier alpha value is -8.40. The van der Waals surface area contributed by atoms with Crippen molar-refractivity contribution in [2.45, 2.75) is 0 Å². The molecule has 0 amide bonds. The number of hydrogen-bond acceptors (Lipinski definition) is 3. The molecule has 63 heavy (non-hydrogen) atoms. The second-order valence-electron chi connectivity index (χ2n) is 16.4. The van der Waals surface area contributed by atoms with Gasteiger partial charge in [-0.25, -0.2) is 0 Å². The molecular weight excluding hydrogens is 769 g/mol. The van der Waals surface area contributed by atoms with Crippen LogP contribution < -0.4 is 0 Å². The Kier molecular flexibility index (Phi) is 7.91. The van der Waals surface area contributed by atoms with Crippen LogP contribution in [0.1, 0.15) is 0 Å². The van der Waals surface area contributed by atoms with Gasteiger partial charge in [-0.05, 0) is 110 Å². The molecule has 13 aromatic rings. The summed E-state index contributed by atoms with van der Waals surface area (Å²) in [4.78, 5) is 0. The van der Waals surface area contributed by atoms with Crippen LogP contribution in [0.3, 0.4) is 0 Å². The topological polar surface area (TPSA) is 39.4 Å². The van der Waals surface area contributed by atoms with Gasteiger partial charge in [-0.3, -0.25) is 0 Å². The van der Waals surface area contributed by atoms with E-state index >= 15 is 0 Å². The maximum absolute atomic E-state index is 6.49. The molecule has 0 bridgehead atoms. The Morgan fingerprint density at radius 2 is 0.683 bits per heavy atom. The summed E-state index contributed by atoms with van der Waals surface area (Å²) in [6, 6.07) is 77.6. The Bertz CT molecular complexity index is 3910. The van der Waals surface area contributed by atoms with Crippen molar-refractivity contribution in [2.75, 3.05) is 0 Å². The minimum atomic E-state index is 0.873. The molecule has 0 N–H and O–H groups in total. The maximum atomic E-state index is 6.49. The third kappa shape index (κ3) is 5.82. The third-order valence-electron chi connectivity index (χ3n) is 12.7. The fourth-order valence-corrected chi connectivity index (χ4v) is 9.68. The highest BCUT2D eigenvalue weighted by molar-refractivity contribution is 6.16. The largest absolute Gasteiger partial charge is 0.456 e. The van der Waals surface area contributed by atoms with Crippen molar-refractivity contribution in [3.63, 3.8) is 0 Å². The van der Waals surface area contributed by atoms with Gasteiger partial charge in [0.15, 0.2) is 0 Å². The number of hydrogen-bond donors (Lipinski definition) is 0. The Morgan fingerprint density at radius 1 is 0.222 bits per heavy atom. The van der Waals surface area contributed by atoms with Crippen molar-refractivity contribution in [1.29, 1.82) is 0 Å². The molecular formula is C60H36O3. The van der Waals surface area contributed by atoms with Crippen molar-refractivity contribution in [1.82, 2.24) is 0 Å². The molecule has 0 unspecified atom stereocenters. The number of benzene rings is 10. The summed E-state index contributed by atoms with van der Waals surface area (Å²) in [5, 5.41) is 6.75. The standard InChI is InChI=1S/C60H36O3/c1-5-23-54-48(17-1)50-21-10-20-47(60(50)63-54)44-15-8-13-41(34-44)39-11-7-12-40(33-39)42-14-9-16-45(35-42)58-46(30-32-57-59(58)51-19-3-6-24-55(51)62-57)38-27-25-37(26-28-38)43-29-31-56-52(36-43)49-18-2-4-22-53(49)61-56/h1-36H. The van der Waals surface area contributed by atoms with Crippen LogP contribution in [0.15, 0.2) is 232 Å². The zero-order chi connectivity index (χ0) is 41.4. The van der Waals surface area contributed by atoms with Crippen molar-refractivity contribution in [3.8, 4) is 66.8 Å². The smallest absolute Gasteiger partial charge is 0.143 e. The molecule has 0 aliphatic carbocycles. The molecule has 0 aliphatic rings. The maximum Gasteiger partial charge on any atom is 0.143 e. The van der Waals surface area contributed by atoms with Gasteiger partial charge >= 0.3 is 0 Å². The SMILES string of the molecule is c1cc(-c2cccc(-c3cccc4c3oc3ccccc34)c2)cc(-c2cccc(-c3c(-c4ccc(-c5ccc6oc7ccccc7c6c5)cc4)ccc4oc5ccccc5c34)c2)c1. The van der Waals surface area contributed by atoms with Crippen LogP contribution >= 0.6 is 0 Å². The summed E-state index contributed by atoms with van der Waals surface area (Å²) < 4.78 is 19.0. The van der Waals surface area contributed by atoms with Gasteiger partial charge in [0, 0.05) is 43.4 Å². The van der Waals surface area contributed by atoms with Gasteiger partial charge in [0.2, 0.25) is 0 Å². The Balaban J connectivity index is 0.897. The van der Waals surface area contributed by atoms with Crippen LogP contribution in [0.2, 0.25) is 0 Å². The van der Waals surface area contributed by atoms with Crippen molar-refractivity contribution in [2.24, 2.45) is 0 Å². The third-order valence-corrected chi connectivity index (χ3v) is 12.7. The molecule has 0 aliphatic heterocycles. The second kappa shape index (κ2) is 14.1. The van der Waals surface area contributed by atoms with E-state index in [1.54, 1.807) is 0 Å². The lowest BCUT2D eigenvalue weighted by molar-refractivity contribution is 0.668. The van der Waals surface area contributed by atoms with E-state index in [1.807, 2.05) is 30.3 Å². The molecule has 0 radical (unpaired) electrons. The lowest BCUT2D eigenvalue weighted by atomic mass is 9.88. The molecule has 0 atom stereocenters. The van der Waals surface area contributed by atoms with E-state index in [2.05, 4.69) is 188 Å². The molecule has 10 aromatic carbocycles. The first-order chi connectivity index (χ1) is 31.2. The van der Waals surface area contributed by atoms with Gasteiger partial charge in [0.1, 0.15) is 33.5 Å². The molecule has 3 nitrogen and oxygen atoms in total. The van der Waals surface area contributed by atoms with E-state index in [0.29, 0.717) is 0 Å². The summed E-state index contributed by atoms with van der Waals surface area (Å²) in [6.07, 6.45) is 0. The lowest BCUT2D eigenvalue weighted by Gasteiger charge is -2.15. The van der Waals surface area contributed by atoms with Crippen molar-refractivity contribution < 1.29 is 13.3 Å². The van der Waals surface area contributed by atoms with Crippen molar-refractivity contribution in [3.05, 3.63) is 218 Å². The number of para-hydroxylation sites is 4. The molecule has 0 spiro atoms. The van der Waals surface area contributed by atoms with E-state index in [4.69, 9.17) is 13.3 Å². The van der Waals surface area contributed by atoms with Crippen LogP contribution in [-0.2, 0) is 0 Å². The highest BCUT2D eigenvalue weighted by Crippen LogP contribution is 2.45. The zero-order valence-electron chi connectivity index (χ0n) is 34.0. The van der Waals surface area contributed by atoms with Gasteiger partial charge < -0.3 is 13.3 Å². The first-order valence-corrected chi connectivity index (χ1v) is 21.4. The quantitative estimate of drug-likeness (QED) is 0.168. The fraction of sp³-hybridized carbons (Fsp3) is 0. The van der Waals surface area contributed by atoms with Crippen molar-refractivity contribution >= 4 is 65.8 Å². The number of fused-ring (bicyclic) bond motifs is 9. The number of rotatable bonds is 6. The van der Waals surface area contributed by atoms with Gasteiger partial charge in [-0.2, -0.15) is 0 Å². The summed E-state index contributed by atoms with van der Waals surface area (Å²) >= 11 is 0. The van der Waals surface area contributed by atoms with Gasteiger partial charge in [0.25, 0.3) is 0 Å². The molecule has 0 fully saturated rings. The summed E-state index contributed by atoms with van der Waals surface area (Å²) in [7, 11) is 0. The molecule has 3 heterocycles. The van der Waals surface area contributed by atoms with Crippen LogP contribution in [0, 0.1) is 0 Å². The molecule has 3 heteroatoms. The van der Waals surface area contributed by atoms with E-state index < -0.39 is 0 Å². The summed E-state index contributed by atoms with van der Waals surface area (Å²) in [5.41, 5.74) is 19.1. The van der Waals surface area contributed by atoms with E-state index in [0.717, 1.165) is 133 Å². The van der Waals surface area contributed by atoms with Gasteiger partial charge in [0.05, 0.1) is 0 Å². The van der Waals surface area contributed by atoms with E-state index in [1.165, 1.54) is 0 Å². The number of furan rings is 3. The Labute approximate surface area is 362 Å². The minimum Gasteiger partial charge on any atom is -0.456 e. The minimum absolute atomic E-state index is 0.873. The molecule has 3 aromatic heterocycles. The highest BCUT2D eigenvalue weighted by atomic mass is 16.3. The predicted octanol–water partition coefficient (Wildman–Crippen LogP) is 17.4. The first-order valence-electron chi connectivity index (χ1n) is 21.4. The van der Waals surface area contributed by atoms with Crippen LogP contribution in [0.25, 0.3) is 133 Å². The summed E-state index contributed by atoms with van der Waals surface area (Å²) in [5.74, 6) is 0. The molecule has 13 rings (SSSR count). The van der Waals surface area contributed by atoms with Gasteiger partial charge in [-0.1, -0.05) is 164 Å². The molecule has 294 valence electrons. The monoisotopic (exact) mass is 804 g/mol. The van der Waals surface area contributed by atoms with Crippen LogP contribution in [-0.4, -0.2) is 0 Å². The molecule has 0 saturated heterocycles. The fourth-order valence-electron chi connectivity index (χ4n) is 9.68. The van der Waals surface area contributed by atoms with Gasteiger partial charge in [-0.15, -0.1) is 0 Å². The normalized spacial score (nSPS) is 11.8. The second-order valence-corrected chi connectivity index (χ2v) is 16.4. The molecule has 0 saturated carbocycles.